The van der Waals surface area contributed by atoms with E-state index in [1.807, 2.05) is 19.2 Å². The van der Waals surface area contributed by atoms with Crippen LogP contribution in [0.3, 0.4) is 0 Å². The van der Waals surface area contributed by atoms with Crippen molar-refractivity contribution in [3.05, 3.63) is 35.1 Å². The molecule has 0 unspecified atom stereocenters. The van der Waals surface area contributed by atoms with Gasteiger partial charge in [-0.3, -0.25) is 4.79 Å². The Balaban J connectivity index is 0.000000360. The average molecular weight is 283 g/mol. The van der Waals surface area contributed by atoms with Crippen LogP contribution in [0.2, 0.25) is 0 Å². The number of hydrogen-bond donors (Lipinski definition) is 1. The first-order valence-electron chi connectivity index (χ1n) is 4.78. The quantitative estimate of drug-likeness (QED) is 0.848. The number of alkyl halides is 3. The molecule has 0 saturated heterocycles. The summed E-state index contributed by atoms with van der Waals surface area (Å²) in [6, 6.07) is 5.15. The minimum Gasteiger partial charge on any atom is -0.362 e. The third-order valence-electron chi connectivity index (χ3n) is 1.69. The molecule has 0 spiro atoms. The second kappa shape index (κ2) is 7.25. The molecule has 2 N–H and O–H groups in total. The SMILES string of the molecule is CSCc1cc(C)cc(F)c1.NC(=O)C(F)(F)F. The van der Waals surface area contributed by atoms with Gasteiger partial charge in [-0.2, -0.15) is 24.9 Å². The monoisotopic (exact) mass is 283 g/mol. The summed E-state index contributed by atoms with van der Waals surface area (Å²) < 4.78 is 44.9. The third-order valence-corrected chi connectivity index (χ3v) is 2.31. The van der Waals surface area contributed by atoms with Crippen molar-refractivity contribution in [3.63, 3.8) is 0 Å². The first-order chi connectivity index (χ1) is 8.16. The summed E-state index contributed by atoms with van der Waals surface area (Å²) in [4.78, 5) is 9.12. The van der Waals surface area contributed by atoms with Crippen LogP contribution in [-0.2, 0) is 10.5 Å². The van der Waals surface area contributed by atoms with Crippen LogP contribution >= 0.6 is 11.8 Å². The smallest absolute Gasteiger partial charge is 0.362 e. The molecule has 0 aliphatic heterocycles. The molecule has 0 heterocycles. The minimum absolute atomic E-state index is 0.131. The highest BCUT2D eigenvalue weighted by Gasteiger charge is 2.35. The molecule has 0 atom stereocenters. The van der Waals surface area contributed by atoms with Gasteiger partial charge in [0, 0.05) is 5.75 Å². The molecule has 0 bridgehead atoms. The summed E-state index contributed by atoms with van der Waals surface area (Å²) in [5, 5.41) is 0. The van der Waals surface area contributed by atoms with Crippen molar-refractivity contribution in [2.24, 2.45) is 5.73 Å². The fraction of sp³-hybridized carbons (Fsp3) is 0.364. The Labute approximate surface area is 107 Å². The van der Waals surface area contributed by atoms with Crippen LogP contribution in [0.4, 0.5) is 17.6 Å². The zero-order valence-corrected chi connectivity index (χ0v) is 10.7. The standard InChI is InChI=1S/C9H11FS.C2H2F3NO/c1-7-3-8(6-11-2)5-9(10)4-7;3-2(4,5)1(6)7/h3-5H,6H2,1-2H3;(H2,6,7). The fourth-order valence-corrected chi connectivity index (χ4v) is 1.56. The second-order valence-electron chi connectivity index (χ2n) is 3.43. The fourth-order valence-electron chi connectivity index (χ4n) is 1.06. The number of hydrogen-bond acceptors (Lipinski definition) is 2. The highest BCUT2D eigenvalue weighted by atomic mass is 32.2. The minimum atomic E-state index is -4.86. The Morgan fingerprint density at radius 1 is 1.33 bits per heavy atom. The van der Waals surface area contributed by atoms with Gasteiger partial charge in [0.15, 0.2) is 0 Å². The van der Waals surface area contributed by atoms with E-state index in [1.54, 1.807) is 23.9 Å². The summed E-state index contributed by atoms with van der Waals surface area (Å²) >= 11 is 1.71. The van der Waals surface area contributed by atoms with Crippen LogP contribution in [0.15, 0.2) is 18.2 Å². The third kappa shape index (κ3) is 7.16. The van der Waals surface area contributed by atoms with Crippen molar-refractivity contribution in [1.29, 1.82) is 0 Å². The molecular formula is C11H13F4NOS. The maximum Gasteiger partial charge on any atom is 0.470 e. The van der Waals surface area contributed by atoms with Gasteiger partial charge >= 0.3 is 12.1 Å². The van der Waals surface area contributed by atoms with Gasteiger partial charge in [0.2, 0.25) is 0 Å². The van der Waals surface area contributed by atoms with Crippen molar-refractivity contribution < 1.29 is 22.4 Å². The Morgan fingerprint density at radius 2 is 1.83 bits per heavy atom. The summed E-state index contributed by atoms with van der Waals surface area (Å²) in [6.45, 7) is 1.91. The largest absolute Gasteiger partial charge is 0.470 e. The van der Waals surface area contributed by atoms with E-state index in [0.717, 1.165) is 16.9 Å². The van der Waals surface area contributed by atoms with Gasteiger partial charge in [-0.1, -0.05) is 6.07 Å². The van der Waals surface area contributed by atoms with Crippen LogP contribution in [0.25, 0.3) is 0 Å². The number of benzene rings is 1. The summed E-state index contributed by atoms with van der Waals surface area (Å²) in [5.41, 5.74) is 5.86. The Bertz CT molecular complexity index is 386. The van der Waals surface area contributed by atoms with Crippen molar-refractivity contribution in [2.45, 2.75) is 18.9 Å². The molecule has 102 valence electrons. The Kier molecular flexibility index (Phi) is 6.75. The average Bonchev–Trinajstić information content (AvgIpc) is 2.15. The first kappa shape index (κ1) is 16.8. The molecule has 0 aromatic heterocycles. The van der Waals surface area contributed by atoms with Crippen molar-refractivity contribution in [1.82, 2.24) is 0 Å². The zero-order chi connectivity index (χ0) is 14.3. The number of primary amides is 1. The first-order valence-corrected chi connectivity index (χ1v) is 6.18. The predicted molar refractivity (Wildman–Crippen MR) is 63.6 cm³/mol. The number of rotatable bonds is 2. The van der Waals surface area contributed by atoms with E-state index < -0.39 is 12.1 Å². The number of amides is 1. The van der Waals surface area contributed by atoms with Crippen LogP contribution in [0, 0.1) is 12.7 Å². The molecule has 2 nitrogen and oxygen atoms in total. The topological polar surface area (TPSA) is 43.1 Å². The van der Waals surface area contributed by atoms with E-state index in [2.05, 4.69) is 5.73 Å². The highest BCUT2D eigenvalue weighted by molar-refractivity contribution is 7.97. The summed E-state index contributed by atoms with van der Waals surface area (Å²) in [7, 11) is 0. The molecule has 7 heteroatoms. The van der Waals surface area contributed by atoms with Gasteiger partial charge in [0.25, 0.3) is 0 Å². The van der Waals surface area contributed by atoms with E-state index in [0.29, 0.717) is 0 Å². The van der Waals surface area contributed by atoms with Crippen LogP contribution in [-0.4, -0.2) is 18.3 Å². The van der Waals surface area contributed by atoms with E-state index in [1.165, 1.54) is 0 Å². The van der Waals surface area contributed by atoms with E-state index in [9.17, 15) is 17.6 Å². The molecule has 1 aromatic rings. The number of carbonyl (C=O) groups excluding carboxylic acids is 1. The van der Waals surface area contributed by atoms with Crippen molar-refractivity contribution in [3.8, 4) is 0 Å². The molecule has 1 amide bonds. The molecular weight excluding hydrogens is 270 g/mol. The highest BCUT2D eigenvalue weighted by Crippen LogP contribution is 2.13. The lowest BCUT2D eigenvalue weighted by Crippen LogP contribution is -2.30. The molecule has 0 aliphatic carbocycles. The van der Waals surface area contributed by atoms with Gasteiger partial charge < -0.3 is 5.73 Å². The summed E-state index contributed by atoms with van der Waals surface area (Å²) in [5.74, 6) is -1.50. The van der Waals surface area contributed by atoms with Gasteiger partial charge in [-0.15, -0.1) is 0 Å². The molecule has 1 rings (SSSR count). The summed E-state index contributed by atoms with van der Waals surface area (Å²) in [6.07, 6.45) is -2.85. The zero-order valence-electron chi connectivity index (χ0n) is 9.84. The molecule has 0 saturated carbocycles. The molecule has 0 fully saturated rings. The number of nitrogens with two attached hydrogens (primary N) is 1. The lowest BCUT2D eigenvalue weighted by molar-refractivity contribution is -0.169. The van der Waals surface area contributed by atoms with Gasteiger partial charge in [-0.25, -0.2) is 4.39 Å². The Morgan fingerprint density at radius 3 is 2.17 bits per heavy atom. The van der Waals surface area contributed by atoms with E-state index in [-0.39, 0.29) is 5.82 Å². The number of carbonyl (C=O) groups is 1. The van der Waals surface area contributed by atoms with Crippen LogP contribution in [0.1, 0.15) is 11.1 Å². The maximum absolute atomic E-state index is 12.7. The van der Waals surface area contributed by atoms with Gasteiger partial charge in [0.1, 0.15) is 5.82 Å². The molecule has 18 heavy (non-hydrogen) atoms. The van der Waals surface area contributed by atoms with E-state index in [4.69, 9.17) is 4.79 Å². The normalized spacial score (nSPS) is 10.6. The number of thioether (sulfide) groups is 1. The van der Waals surface area contributed by atoms with Crippen molar-refractivity contribution >= 4 is 17.7 Å². The van der Waals surface area contributed by atoms with Crippen LogP contribution in [0.5, 0.6) is 0 Å². The lowest BCUT2D eigenvalue weighted by atomic mass is 10.1. The van der Waals surface area contributed by atoms with Crippen molar-refractivity contribution in [2.75, 3.05) is 6.26 Å². The van der Waals surface area contributed by atoms with E-state index >= 15 is 0 Å². The Hall–Kier alpha value is -1.24. The number of halogens is 4. The maximum atomic E-state index is 12.7. The predicted octanol–water partition coefficient (Wildman–Crippen LogP) is 3.03. The lowest BCUT2D eigenvalue weighted by Gasteiger charge is -1.99. The number of aryl methyl sites for hydroxylation is 1. The second-order valence-corrected chi connectivity index (χ2v) is 4.30. The molecule has 1 aromatic carbocycles. The van der Waals surface area contributed by atoms with Crippen LogP contribution < -0.4 is 5.73 Å². The molecule has 0 aliphatic rings. The molecule has 0 radical (unpaired) electrons. The van der Waals surface area contributed by atoms with Gasteiger partial charge in [0.05, 0.1) is 0 Å². The van der Waals surface area contributed by atoms with Gasteiger partial charge in [-0.05, 0) is 36.4 Å².